The molecule has 0 fully saturated rings. The second-order valence-electron chi connectivity index (χ2n) is 3.36. The van der Waals surface area contributed by atoms with Gasteiger partial charge in [-0.15, -0.1) is 0 Å². The molecule has 0 aliphatic heterocycles. The van der Waals surface area contributed by atoms with Crippen LogP contribution in [0.5, 0.6) is 0 Å². The molecule has 1 rings (SSSR count). The second-order valence-corrected chi connectivity index (χ2v) is 3.36. The maximum absolute atomic E-state index is 8.83. The summed E-state index contributed by atoms with van der Waals surface area (Å²) < 4.78 is 0. The molecule has 0 heterocycles. The Morgan fingerprint density at radius 3 is 2.13 bits per heavy atom. The Kier molecular flexibility index (Phi) is 7.96. The lowest BCUT2D eigenvalue weighted by molar-refractivity contribution is 0.276. The maximum atomic E-state index is 8.83. The highest BCUT2D eigenvalue weighted by atomic mass is 16.3. The minimum Gasteiger partial charge on any atom is -0.396 e. The lowest BCUT2D eigenvalue weighted by Gasteiger charge is -2.13. The molecule has 0 radical (unpaired) electrons. The summed E-state index contributed by atoms with van der Waals surface area (Å²) in [5.41, 5.74) is 8.10. The number of hydrogen-bond donors (Lipinski definition) is 2. The summed E-state index contributed by atoms with van der Waals surface area (Å²) in [6.45, 7) is 6.87. The lowest BCUT2D eigenvalue weighted by Crippen LogP contribution is -2.13. The van der Waals surface area contributed by atoms with E-state index in [4.69, 9.17) is 10.8 Å². The molecule has 0 aliphatic rings. The van der Waals surface area contributed by atoms with Crippen molar-refractivity contribution in [3.63, 3.8) is 0 Å². The van der Waals surface area contributed by atoms with E-state index in [1.807, 2.05) is 13.8 Å². The molecule has 2 heteroatoms. The van der Waals surface area contributed by atoms with Gasteiger partial charge < -0.3 is 10.8 Å². The van der Waals surface area contributed by atoms with E-state index >= 15 is 0 Å². The van der Waals surface area contributed by atoms with Crippen LogP contribution < -0.4 is 5.73 Å². The van der Waals surface area contributed by atoms with Crippen molar-refractivity contribution >= 4 is 0 Å². The topological polar surface area (TPSA) is 46.2 Å². The zero-order valence-electron chi connectivity index (χ0n) is 10.0. The molecule has 0 bridgehead atoms. The van der Waals surface area contributed by atoms with Gasteiger partial charge >= 0.3 is 0 Å². The lowest BCUT2D eigenvalue weighted by atomic mass is 9.95. The fourth-order valence-electron chi connectivity index (χ4n) is 1.42. The molecule has 0 spiro atoms. The Bertz CT molecular complexity index is 243. The Balaban J connectivity index is 0.000000921. The Labute approximate surface area is 93.1 Å². The van der Waals surface area contributed by atoms with Gasteiger partial charge in [-0.05, 0) is 31.4 Å². The van der Waals surface area contributed by atoms with Crippen LogP contribution in [-0.4, -0.2) is 18.3 Å². The van der Waals surface area contributed by atoms with Crippen molar-refractivity contribution in [2.24, 2.45) is 5.73 Å². The van der Waals surface area contributed by atoms with E-state index in [0.717, 1.165) is 6.42 Å². The molecule has 1 atom stereocenters. The third-order valence-corrected chi connectivity index (χ3v) is 2.31. The van der Waals surface area contributed by atoms with Crippen LogP contribution >= 0.6 is 0 Å². The molecular weight excluding hydrogens is 186 g/mol. The predicted octanol–water partition coefficient (Wildman–Crippen LogP) is 2.45. The Hall–Kier alpha value is -0.860. The highest BCUT2D eigenvalue weighted by Gasteiger charge is 2.07. The van der Waals surface area contributed by atoms with E-state index < -0.39 is 0 Å². The fourth-order valence-corrected chi connectivity index (χ4v) is 1.42. The first kappa shape index (κ1) is 14.1. The zero-order valence-corrected chi connectivity index (χ0v) is 10.0. The van der Waals surface area contributed by atoms with Crippen LogP contribution in [0.2, 0.25) is 0 Å². The minimum absolute atomic E-state index is 0.204. The summed E-state index contributed by atoms with van der Waals surface area (Å²) in [5, 5.41) is 8.83. The van der Waals surface area contributed by atoms with Gasteiger partial charge in [0.15, 0.2) is 0 Å². The van der Waals surface area contributed by atoms with Crippen LogP contribution in [-0.2, 0) is 0 Å². The average molecular weight is 209 g/mol. The third-order valence-electron chi connectivity index (χ3n) is 2.31. The molecular formula is C13H23NO. The predicted molar refractivity (Wildman–Crippen MR) is 66.0 cm³/mol. The van der Waals surface area contributed by atoms with E-state index in [-0.39, 0.29) is 6.61 Å². The molecule has 1 aromatic rings. The van der Waals surface area contributed by atoms with Crippen LogP contribution in [0.15, 0.2) is 24.3 Å². The van der Waals surface area contributed by atoms with Crippen molar-refractivity contribution in [3.05, 3.63) is 35.4 Å². The summed E-state index contributed by atoms with van der Waals surface area (Å²) in [4.78, 5) is 0. The minimum atomic E-state index is 0.204. The summed E-state index contributed by atoms with van der Waals surface area (Å²) in [6.07, 6.45) is 0.750. The Morgan fingerprint density at radius 2 is 1.73 bits per heavy atom. The molecule has 0 aromatic heterocycles. The van der Waals surface area contributed by atoms with Crippen molar-refractivity contribution in [2.75, 3.05) is 13.2 Å². The van der Waals surface area contributed by atoms with Crippen molar-refractivity contribution in [1.29, 1.82) is 0 Å². The van der Waals surface area contributed by atoms with Gasteiger partial charge in [-0.25, -0.2) is 0 Å². The van der Waals surface area contributed by atoms with Gasteiger partial charge in [0.05, 0.1) is 0 Å². The van der Waals surface area contributed by atoms with Crippen LogP contribution in [0.1, 0.15) is 37.3 Å². The van der Waals surface area contributed by atoms with Gasteiger partial charge in [-0.2, -0.15) is 0 Å². The van der Waals surface area contributed by atoms with Gasteiger partial charge in [-0.3, -0.25) is 0 Å². The summed E-state index contributed by atoms with van der Waals surface area (Å²) in [7, 11) is 0. The van der Waals surface area contributed by atoms with Crippen LogP contribution in [0, 0.1) is 6.92 Å². The van der Waals surface area contributed by atoms with Crippen LogP contribution in [0.4, 0.5) is 0 Å². The maximum Gasteiger partial charge on any atom is 0.0437 e. The molecule has 1 aromatic carbocycles. The van der Waals surface area contributed by atoms with E-state index in [9.17, 15) is 0 Å². The van der Waals surface area contributed by atoms with E-state index in [2.05, 4.69) is 31.2 Å². The molecule has 0 amide bonds. The number of hydrogen-bond acceptors (Lipinski definition) is 2. The van der Waals surface area contributed by atoms with E-state index in [1.165, 1.54) is 11.1 Å². The van der Waals surface area contributed by atoms with Crippen molar-refractivity contribution in [2.45, 2.75) is 33.1 Å². The summed E-state index contributed by atoms with van der Waals surface area (Å²) in [5.74, 6) is 0.297. The number of rotatable bonds is 4. The number of aliphatic hydroxyl groups is 1. The van der Waals surface area contributed by atoms with Crippen molar-refractivity contribution in [1.82, 2.24) is 0 Å². The molecule has 0 aliphatic carbocycles. The second kappa shape index (κ2) is 8.45. The quantitative estimate of drug-likeness (QED) is 0.800. The highest BCUT2D eigenvalue weighted by molar-refractivity contribution is 5.24. The molecule has 0 saturated carbocycles. The summed E-state index contributed by atoms with van der Waals surface area (Å²) >= 11 is 0. The van der Waals surface area contributed by atoms with Crippen LogP contribution in [0.25, 0.3) is 0 Å². The number of aryl methyl sites for hydroxylation is 1. The molecule has 1 unspecified atom stereocenters. The first-order valence-electron chi connectivity index (χ1n) is 5.65. The molecule has 15 heavy (non-hydrogen) atoms. The van der Waals surface area contributed by atoms with Gasteiger partial charge in [-0.1, -0.05) is 43.7 Å². The molecule has 0 saturated heterocycles. The monoisotopic (exact) mass is 209 g/mol. The summed E-state index contributed by atoms with van der Waals surface area (Å²) in [6, 6.07) is 8.33. The SMILES string of the molecule is CC.Cc1ccc(C(CN)CCO)cc1. The number of aliphatic hydroxyl groups excluding tert-OH is 1. The molecule has 3 N–H and O–H groups in total. The van der Waals surface area contributed by atoms with Crippen molar-refractivity contribution in [3.8, 4) is 0 Å². The Morgan fingerprint density at radius 1 is 1.20 bits per heavy atom. The number of nitrogens with two attached hydrogens (primary N) is 1. The first-order valence-corrected chi connectivity index (χ1v) is 5.65. The standard InChI is InChI=1S/C11H17NO.C2H6/c1-9-2-4-10(5-3-9)11(8-12)6-7-13;1-2/h2-5,11,13H,6-8,12H2,1H3;1-2H3. The smallest absolute Gasteiger partial charge is 0.0437 e. The normalized spacial score (nSPS) is 11.5. The third kappa shape index (κ3) is 4.96. The van der Waals surface area contributed by atoms with Crippen LogP contribution in [0.3, 0.4) is 0 Å². The average Bonchev–Trinajstić information content (AvgIpc) is 2.30. The largest absolute Gasteiger partial charge is 0.396 e. The zero-order chi connectivity index (χ0) is 11.7. The van der Waals surface area contributed by atoms with Crippen molar-refractivity contribution < 1.29 is 5.11 Å². The van der Waals surface area contributed by atoms with Gasteiger partial charge in [0, 0.05) is 6.61 Å². The first-order chi connectivity index (χ1) is 7.27. The molecule has 2 nitrogen and oxygen atoms in total. The molecule has 86 valence electrons. The van der Waals surface area contributed by atoms with E-state index in [0.29, 0.717) is 12.5 Å². The fraction of sp³-hybridized carbons (Fsp3) is 0.538. The van der Waals surface area contributed by atoms with Gasteiger partial charge in [0.1, 0.15) is 0 Å². The number of benzene rings is 1. The highest BCUT2D eigenvalue weighted by Crippen LogP contribution is 2.18. The van der Waals surface area contributed by atoms with Gasteiger partial charge in [0.2, 0.25) is 0 Å². The van der Waals surface area contributed by atoms with Gasteiger partial charge in [0.25, 0.3) is 0 Å². The van der Waals surface area contributed by atoms with E-state index in [1.54, 1.807) is 0 Å².